The summed E-state index contributed by atoms with van der Waals surface area (Å²) in [6, 6.07) is 9.10. The Morgan fingerprint density at radius 2 is 2.00 bits per heavy atom. The SMILES string of the molecule is Cc1cccc(N2CCC(Nc3nc(C)ncc3Cl)CC2)c1. The number of hydrogen-bond donors (Lipinski definition) is 1. The van der Waals surface area contributed by atoms with Gasteiger partial charge in [0.2, 0.25) is 0 Å². The first-order valence-electron chi connectivity index (χ1n) is 7.69. The molecule has 1 N–H and O–H groups in total. The molecular formula is C17H21ClN4. The number of piperidine rings is 1. The molecule has 1 saturated heterocycles. The topological polar surface area (TPSA) is 41.0 Å². The first-order chi connectivity index (χ1) is 10.6. The van der Waals surface area contributed by atoms with E-state index in [9.17, 15) is 0 Å². The van der Waals surface area contributed by atoms with Crippen molar-refractivity contribution in [1.29, 1.82) is 0 Å². The summed E-state index contributed by atoms with van der Waals surface area (Å²) in [5.41, 5.74) is 2.62. The van der Waals surface area contributed by atoms with Gasteiger partial charge in [-0.15, -0.1) is 0 Å². The lowest BCUT2D eigenvalue weighted by molar-refractivity contribution is 0.525. The number of nitrogens with zero attached hydrogens (tertiary/aromatic N) is 3. The first-order valence-corrected chi connectivity index (χ1v) is 8.07. The summed E-state index contributed by atoms with van der Waals surface area (Å²) in [5.74, 6) is 1.49. The van der Waals surface area contributed by atoms with Gasteiger partial charge in [-0.05, 0) is 44.4 Å². The van der Waals surface area contributed by atoms with Crippen molar-refractivity contribution in [2.75, 3.05) is 23.3 Å². The predicted octanol–water partition coefficient (Wildman–Crippen LogP) is 3.83. The zero-order chi connectivity index (χ0) is 15.5. The molecule has 5 heteroatoms. The van der Waals surface area contributed by atoms with Gasteiger partial charge in [-0.1, -0.05) is 23.7 Å². The van der Waals surface area contributed by atoms with Crippen LogP contribution in [0.15, 0.2) is 30.5 Å². The Labute approximate surface area is 136 Å². The van der Waals surface area contributed by atoms with Gasteiger partial charge in [0.1, 0.15) is 16.7 Å². The summed E-state index contributed by atoms with van der Waals surface area (Å²) in [4.78, 5) is 10.9. The van der Waals surface area contributed by atoms with E-state index in [0.29, 0.717) is 11.1 Å². The van der Waals surface area contributed by atoms with Crippen LogP contribution in [-0.4, -0.2) is 29.1 Å². The van der Waals surface area contributed by atoms with Crippen LogP contribution in [0.25, 0.3) is 0 Å². The van der Waals surface area contributed by atoms with Crippen LogP contribution in [0.5, 0.6) is 0 Å². The Bertz CT molecular complexity index is 651. The maximum Gasteiger partial charge on any atom is 0.148 e. The molecule has 1 aliphatic rings. The van der Waals surface area contributed by atoms with E-state index >= 15 is 0 Å². The second-order valence-corrected chi connectivity index (χ2v) is 6.27. The number of rotatable bonds is 3. The summed E-state index contributed by atoms with van der Waals surface area (Å²) in [6.07, 6.45) is 3.81. The lowest BCUT2D eigenvalue weighted by Gasteiger charge is -2.34. The lowest BCUT2D eigenvalue weighted by atomic mass is 10.0. The van der Waals surface area contributed by atoms with Crippen molar-refractivity contribution in [3.05, 3.63) is 46.9 Å². The maximum atomic E-state index is 6.16. The van der Waals surface area contributed by atoms with Crippen molar-refractivity contribution in [2.45, 2.75) is 32.7 Å². The number of aromatic nitrogens is 2. The van der Waals surface area contributed by atoms with Gasteiger partial charge in [0.05, 0.1) is 6.20 Å². The van der Waals surface area contributed by atoms with Crippen molar-refractivity contribution in [3.63, 3.8) is 0 Å². The molecule has 0 radical (unpaired) electrons. The fraction of sp³-hybridized carbons (Fsp3) is 0.412. The van der Waals surface area contributed by atoms with E-state index in [1.807, 2.05) is 6.92 Å². The second-order valence-electron chi connectivity index (χ2n) is 5.86. The average Bonchev–Trinajstić information content (AvgIpc) is 2.52. The van der Waals surface area contributed by atoms with Crippen LogP contribution < -0.4 is 10.2 Å². The molecule has 3 rings (SSSR count). The molecule has 0 amide bonds. The molecule has 1 fully saturated rings. The third-order valence-electron chi connectivity index (χ3n) is 4.07. The Morgan fingerprint density at radius 3 is 2.73 bits per heavy atom. The minimum absolute atomic E-state index is 0.410. The highest BCUT2D eigenvalue weighted by Crippen LogP contribution is 2.24. The minimum atomic E-state index is 0.410. The van der Waals surface area contributed by atoms with Gasteiger partial charge in [0.25, 0.3) is 0 Å². The molecule has 116 valence electrons. The van der Waals surface area contributed by atoms with Gasteiger partial charge in [0, 0.05) is 24.8 Å². The molecule has 0 bridgehead atoms. The van der Waals surface area contributed by atoms with Crippen LogP contribution in [0.1, 0.15) is 24.2 Å². The van der Waals surface area contributed by atoms with Gasteiger partial charge < -0.3 is 10.2 Å². The predicted molar refractivity (Wildman–Crippen MR) is 91.8 cm³/mol. The van der Waals surface area contributed by atoms with Crippen molar-refractivity contribution < 1.29 is 0 Å². The minimum Gasteiger partial charge on any atom is -0.371 e. The number of hydrogen-bond acceptors (Lipinski definition) is 4. The molecule has 0 atom stereocenters. The van der Waals surface area contributed by atoms with Crippen LogP contribution in [0.4, 0.5) is 11.5 Å². The Kier molecular flexibility index (Phi) is 4.48. The molecule has 0 aliphatic carbocycles. The first kappa shape index (κ1) is 15.1. The van der Waals surface area contributed by atoms with E-state index in [1.54, 1.807) is 6.20 Å². The molecule has 0 saturated carbocycles. The Hall–Kier alpha value is -1.81. The molecule has 22 heavy (non-hydrogen) atoms. The van der Waals surface area contributed by atoms with Gasteiger partial charge in [-0.3, -0.25) is 0 Å². The smallest absolute Gasteiger partial charge is 0.148 e. The second kappa shape index (κ2) is 6.53. The average molecular weight is 317 g/mol. The number of halogens is 1. The molecule has 2 heterocycles. The highest BCUT2D eigenvalue weighted by Gasteiger charge is 2.20. The van der Waals surface area contributed by atoms with Crippen molar-refractivity contribution in [3.8, 4) is 0 Å². The quantitative estimate of drug-likeness (QED) is 0.934. The summed E-state index contributed by atoms with van der Waals surface area (Å²) in [7, 11) is 0. The van der Waals surface area contributed by atoms with Crippen LogP contribution in [0.2, 0.25) is 5.02 Å². The molecular weight excluding hydrogens is 296 g/mol. The fourth-order valence-electron chi connectivity index (χ4n) is 2.86. The van der Waals surface area contributed by atoms with Crippen molar-refractivity contribution in [1.82, 2.24) is 9.97 Å². The van der Waals surface area contributed by atoms with Crippen LogP contribution >= 0.6 is 11.6 Å². The van der Waals surface area contributed by atoms with Crippen LogP contribution in [0.3, 0.4) is 0 Å². The number of nitrogens with one attached hydrogen (secondary N) is 1. The molecule has 0 unspecified atom stereocenters. The standard InChI is InChI=1S/C17H21ClN4/c1-12-4-3-5-15(10-12)22-8-6-14(7-9-22)21-17-16(18)11-19-13(2)20-17/h3-5,10-11,14H,6-9H2,1-2H3,(H,19,20,21). The number of aryl methyl sites for hydroxylation is 2. The molecule has 2 aromatic rings. The summed E-state index contributed by atoms with van der Waals surface area (Å²) in [6.45, 7) is 6.10. The van der Waals surface area contributed by atoms with E-state index in [1.165, 1.54) is 11.3 Å². The van der Waals surface area contributed by atoms with E-state index in [0.717, 1.165) is 37.6 Å². The molecule has 1 aliphatic heterocycles. The van der Waals surface area contributed by atoms with Gasteiger partial charge in [-0.25, -0.2) is 9.97 Å². The van der Waals surface area contributed by atoms with Crippen LogP contribution in [-0.2, 0) is 0 Å². The van der Waals surface area contributed by atoms with E-state index in [2.05, 4.69) is 51.4 Å². The molecule has 1 aromatic heterocycles. The lowest BCUT2D eigenvalue weighted by Crippen LogP contribution is -2.39. The zero-order valence-electron chi connectivity index (χ0n) is 13.0. The van der Waals surface area contributed by atoms with E-state index in [-0.39, 0.29) is 0 Å². The zero-order valence-corrected chi connectivity index (χ0v) is 13.8. The van der Waals surface area contributed by atoms with Crippen LogP contribution in [0, 0.1) is 13.8 Å². The maximum absolute atomic E-state index is 6.16. The summed E-state index contributed by atoms with van der Waals surface area (Å²) >= 11 is 6.16. The third-order valence-corrected chi connectivity index (χ3v) is 4.34. The molecule has 4 nitrogen and oxygen atoms in total. The molecule has 0 spiro atoms. The van der Waals surface area contributed by atoms with E-state index < -0.39 is 0 Å². The van der Waals surface area contributed by atoms with Gasteiger partial charge >= 0.3 is 0 Å². The highest BCUT2D eigenvalue weighted by molar-refractivity contribution is 6.32. The number of benzene rings is 1. The highest BCUT2D eigenvalue weighted by atomic mass is 35.5. The normalized spacial score (nSPS) is 15.9. The summed E-state index contributed by atoms with van der Waals surface area (Å²) < 4.78 is 0. The van der Waals surface area contributed by atoms with Crippen molar-refractivity contribution >= 4 is 23.1 Å². The number of anilines is 2. The van der Waals surface area contributed by atoms with Crippen molar-refractivity contribution in [2.24, 2.45) is 0 Å². The molecule has 1 aromatic carbocycles. The van der Waals surface area contributed by atoms with Gasteiger partial charge in [0.15, 0.2) is 0 Å². The van der Waals surface area contributed by atoms with E-state index in [4.69, 9.17) is 11.6 Å². The third kappa shape index (κ3) is 3.50. The Morgan fingerprint density at radius 1 is 1.23 bits per heavy atom. The fourth-order valence-corrected chi connectivity index (χ4v) is 3.00. The summed E-state index contributed by atoms with van der Waals surface area (Å²) in [5, 5.41) is 4.05. The van der Waals surface area contributed by atoms with Gasteiger partial charge in [-0.2, -0.15) is 0 Å². The largest absolute Gasteiger partial charge is 0.371 e. The monoisotopic (exact) mass is 316 g/mol. The Balaban J connectivity index is 1.61.